The van der Waals surface area contributed by atoms with Crippen molar-refractivity contribution < 1.29 is 0 Å². The minimum absolute atomic E-state index is 0.647. The van der Waals surface area contributed by atoms with Crippen LogP contribution < -0.4 is 0 Å². The molecule has 56 heavy (non-hydrogen) atoms. The van der Waals surface area contributed by atoms with Crippen molar-refractivity contribution in [3.63, 3.8) is 0 Å². The molecule has 0 spiro atoms. The minimum Gasteiger partial charge on any atom is -0.308 e. The van der Waals surface area contributed by atoms with Gasteiger partial charge in [0.15, 0.2) is 0 Å². The molecule has 0 saturated heterocycles. The van der Waals surface area contributed by atoms with Gasteiger partial charge in [0.1, 0.15) is 0 Å². The Balaban J connectivity index is 1.000. The van der Waals surface area contributed by atoms with Crippen molar-refractivity contribution in [2.24, 2.45) is 0 Å². The van der Waals surface area contributed by atoms with Crippen LogP contribution in [-0.4, -0.2) is 24.1 Å². The minimum atomic E-state index is 0.647. The lowest BCUT2D eigenvalue weighted by Gasteiger charge is -2.12. The van der Waals surface area contributed by atoms with Crippen LogP contribution in [0.25, 0.3) is 100 Å². The summed E-state index contributed by atoms with van der Waals surface area (Å²) >= 11 is 0. The molecule has 11 rings (SSSR count). The van der Waals surface area contributed by atoms with E-state index in [0.29, 0.717) is 5.95 Å². The average Bonchev–Trinajstić information content (AvgIpc) is 3.79. The lowest BCUT2D eigenvalue weighted by atomic mass is 9.98. The normalized spacial score (nSPS) is 11.6. The summed E-state index contributed by atoms with van der Waals surface area (Å²) in [6, 6.07) is 66.4. The molecule has 0 unspecified atom stereocenters. The maximum absolute atomic E-state index is 5.19. The highest BCUT2D eigenvalue weighted by atomic mass is 15.2. The third-order valence-corrected chi connectivity index (χ3v) is 10.9. The van der Waals surface area contributed by atoms with Gasteiger partial charge in [-0.1, -0.05) is 133 Å². The van der Waals surface area contributed by atoms with Crippen molar-refractivity contribution in [1.82, 2.24) is 24.1 Å². The van der Waals surface area contributed by atoms with Crippen molar-refractivity contribution in [3.8, 4) is 56.4 Å². The lowest BCUT2D eigenvalue weighted by Crippen LogP contribution is -2.03. The van der Waals surface area contributed by atoms with Crippen molar-refractivity contribution in [3.05, 3.63) is 200 Å². The summed E-state index contributed by atoms with van der Waals surface area (Å²) < 4.78 is 4.50. The number of fused-ring (bicyclic) bond motifs is 6. The molecule has 0 radical (unpaired) electrons. The number of nitrogens with zero attached hydrogens (tertiary/aromatic N) is 5. The van der Waals surface area contributed by atoms with Gasteiger partial charge in [-0.15, -0.1) is 0 Å². The lowest BCUT2D eigenvalue weighted by molar-refractivity contribution is 0.995. The first-order valence-corrected chi connectivity index (χ1v) is 18.8. The highest BCUT2D eigenvalue weighted by Crippen LogP contribution is 2.38. The summed E-state index contributed by atoms with van der Waals surface area (Å²) in [7, 11) is 0. The fourth-order valence-electron chi connectivity index (χ4n) is 8.17. The number of hydrogen-bond acceptors (Lipinski definition) is 3. The maximum Gasteiger partial charge on any atom is 0.235 e. The van der Waals surface area contributed by atoms with Gasteiger partial charge in [0, 0.05) is 44.6 Å². The summed E-state index contributed by atoms with van der Waals surface area (Å²) in [6.07, 6.45) is 3.84. The van der Waals surface area contributed by atoms with Crippen LogP contribution in [-0.2, 0) is 0 Å². The van der Waals surface area contributed by atoms with Crippen molar-refractivity contribution >= 4 is 43.6 Å². The van der Waals surface area contributed by atoms with Crippen LogP contribution in [0.2, 0.25) is 0 Å². The monoisotopic (exact) mass is 715 g/mol. The van der Waals surface area contributed by atoms with Crippen molar-refractivity contribution in [1.29, 1.82) is 0 Å². The first-order valence-electron chi connectivity index (χ1n) is 18.8. The molecule has 0 aliphatic carbocycles. The third kappa shape index (κ3) is 5.29. The molecule has 0 aliphatic heterocycles. The fourth-order valence-corrected chi connectivity index (χ4v) is 8.17. The van der Waals surface area contributed by atoms with E-state index in [1.807, 2.05) is 24.5 Å². The molecule has 0 N–H and O–H groups in total. The first kappa shape index (κ1) is 31.9. The van der Waals surface area contributed by atoms with Gasteiger partial charge in [0.25, 0.3) is 0 Å². The number of aromatic nitrogens is 5. The SMILES string of the molecule is c1ccc(-c2cc(-c3ccccc3)nc(-n3c4ccccc4c4cc(-c5ccc(-c6ccc7c(c6)c6ccncc6n7-c6ccccc6)cc5)ccc43)n2)cc1. The number of pyridine rings is 1. The van der Waals surface area contributed by atoms with Crippen LogP contribution in [0.4, 0.5) is 0 Å². The largest absolute Gasteiger partial charge is 0.308 e. The Kier molecular flexibility index (Phi) is 7.42. The number of hydrogen-bond donors (Lipinski definition) is 0. The van der Waals surface area contributed by atoms with Gasteiger partial charge in [-0.2, -0.15) is 0 Å². The van der Waals surface area contributed by atoms with Crippen LogP contribution in [0.5, 0.6) is 0 Å². The second-order valence-electron chi connectivity index (χ2n) is 14.1. The van der Waals surface area contributed by atoms with Crippen LogP contribution in [0, 0.1) is 0 Å². The van der Waals surface area contributed by atoms with E-state index in [0.717, 1.165) is 66.7 Å². The first-order chi connectivity index (χ1) is 27.8. The van der Waals surface area contributed by atoms with E-state index in [1.165, 1.54) is 27.4 Å². The Morgan fingerprint density at radius 1 is 0.321 bits per heavy atom. The number of rotatable bonds is 6. The Labute approximate surface area is 323 Å². The molecule has 0 atom stereocenters. The summed E-state index contributed by atoms with van der Waals surface area (Å²) in [5.74, 6) is 0.647. The zero-order chi connectivity index (χ0) is 37.0. The van der Waals surface area contributed by atoms with Gasteiger partial charge in [-0.05, 0) is 76.9 Å². The summed E-state index contributed by atoms with van der Waals surface area (Å²) in [4.78, 5) is 14.8. The van der Waals surface area contributed by atoms with Crippen molar-refractivity contribution in [2.75, 3.05) is 0 Å². The fraction of sp³-hybridized carbons (Fsp3) is 0. The predicted octanol–water partition coefficient (Wildman–Crippen LogP) is 12.7. The molecule has 0 bridgehead atoms. The quantitative estimate of drug-likeness (QED) is 0.172. The van der Waals surface area contributed by atoms with Crippen LogP contribution in [0.1, 0.15) is 0 Å². The molecule has 262 valence electrons. The third-order valence-electron chi connectivity index (χ3n) is 10.9. The van der Waals surface area contributed by atoms with E-state index in [1.54, 1.807) is 0 Å². The molecular formula is C51H33N5. The highest BCUT2D eigenvalue weighted by molar-refractivity contribution is 6.11. The predicted molar refractivity (Wildman–Crippen MR) is 230 cm³/mol. The van der Waals surface area contributed by atoms with Gasteiger partial charge in [0.2, 0.25) is 5.95 Å². The molecule has 5 nitrogen and oxygen atoms in total. The summed E-state index contributed by atoms with van der Waals surface area (Å²) in [5.41, 5.74) is 14.1. The van der Waals surface area contributed by atoms with E-state index in [2.05, 4.69) is 190 Å². The smallest absolute Gasteiger partial charge is 0.235 e. The van der Waals surface area contributed by atoms with E-state index in [4.69, 9.17) is 9.97 Å². The van der Waals surface area contributed by atoms with Crippen molar-refractivity contribution in [2.45, 2.75) is 0 Å². The molecule has 4 heterocycles. The molecular weight excluding hydrogens is 683 g/mol. The van der Waals surface area contributed by atoms with Gasteiger partial charge >= 0.3 is 0 Å². The molecule has 7 aromatic carbocycles. The van der Waals surface area contributed by atoms with E-state index in [-0.39, 0.29) is 0 Å². The Morgan fingerprint density at radius 2 is 0.804 bits per heavy atom. The molecule has 11 aromatic rings. The average molecular weight is 716 g/mol. The summed E-state index contributed by atoms with van der Waals surface area (Å²) in [6.45, 7) is 0. The Bertz CT molecular complexity index is 3160. The molecule has 4 aromatic heterocycles. The standard InChI is InChI=1S/C51H33N5/c1-4-12-36(13-5-1)45-32-46(37-14-6-2-7-15-37)54-51(53-45)56-47-19-11-10-18-41(47)43-30-39(25-27-49(43)56)35-22-20-34(21-23-35)38-24-26-48-44(31-38)42-28-29-52-33-50(42)55(48)40-16-8-3-9-17-40/h1-33H. The number of para-hydroxylation sites is 2. The van der Waals surface area contributed by atoms with Gasteiger partial charge in [-0.3, -0.25) is 9.55 Å². The van der Waals surface area contributed by atoms with Gasteiger partial charge < -0.3 is 4.57 Å². The highest BCUT2D eigenvalue weighted by Gasteiger charge is 2.18. The maximum atomic E-state index is 5.19. The van der Waals surface area contributed by atoms with E-state index in [9.17, 15) is 0 Å². The Hall–Kier alpha value is -7.63. The zero-order valence-corrected chi connectivity index (χ0v) is 30.3. The van der Waals surface area contributed by atoms with Crippen LogP contribution >= 0.6 is 0 Å². The Morgan fingerprint density at radius 3 is 1.41 bits per heavy atom. The van der Waals surface area contributed by atoms with Gasteiger partial charge in [0.05, 0.1) is 39.7 Å². The molecule has 0 saturated carbocycles. The molecule has 5 heteroatoms. The number of benzene rings is 7. The second-order valence-corrected chi connectivity index (χ2v) is 14.1. The topological polar surface area (TPSA) is 48.5 Å². The van der Waals surface area contributed by atoms with Gasteiger partial charge in [-0.25, -0.2) is 9.97 Å². The molecule has 0 amide bonds. The van der Waals surface area contributed by atoms with E-state index < -0.39 is 0 Å². The second kappa shape index (κ2) is 13.0. The van der Waals surface area contributed by atoms with Crippen LogP contribution in [0.15, 0.2) is 200 Å². The van der Waals surface area contributed by atoms with E-state index >= 15 is 0 Å². The molecule has 0 fully saturated rings. The summed E-state index contributed by atoms with van der Waals surface area (Å²) in [5, 5.41) is 4.73. The molecule has 0 aliphatic rings. The van der Waals surface area contributed by atoms with Crippen LogP contribution in [0.3, 0.4) is 0 Å². The zero-order valence-electron chi connectivity index (χ0n) is 30.3.